The molecule has 0 bridgehead atoms. The molecule has 0 aliphatic heterocycles. The Hall–Kier alpha value is -6.67. The number of hydrogen-bond acceptors (Lipinski definition) is 16. The van der Waals surface area contributed by atoms with Gasteiger partial charge >= 0.3 is 29.8 Å². The van der Waals surface area contributed by atoms with Crippen LogP contribution in [-0.4, -0.2) is 164 Å². The van der Waals surface area contributed by atoms with Crippen LogP contribution in [0, 0.1) is 11.3 Å². The third-order valence-electron chi connectivity index (χ3n) is 14.9. The predicted octanol–water partition coefficient (Wildman–Crippen LogP) is 16.5. The molecule has 99 heavy (non-hydrogen) atoms. The second kappa shape index (κ2) is 71.2. The minimum absolute atomic E-state index is 0. The largest absolute Gasteiger partial charge is 0.464 e. The second-order valence-corrected chi connectivity index (χ2v) is 24.5. The number of carbonyl (C=O) groups is 7. The fourth-order valence-corrected chi connectivity index (χ4v) is 9.19. The van der Waals surface area contributed by atoms with E-state index in [1.807, 2.05) is 45.1 Å². The van der Waals surface area contributed by atoms with Crippen LogP contribution in [0.25, 0.3) is 0 Å². The average molecular weight is 1390 g/mol. The normalized spacial score (nSPS) is 12.9. The number of nitrogens with zero attached hydrogens (tertiary/aromatic N) is 2. The molecule has 2 amide bonds. The van der Waals surface area contributed by atoms with Gasteiger partial charge in [-0.05, 0) is 120 Å². The summed E-state index contributed by atoms with van der Waals surface area (Å²) >= 11 is 0. The van der Waals surface area contributed by atoms with Crippen molar-refractivity contribution >= 4 is 50.1 Å². The lowest BCUT2D eigenvalue weighted by Crippen LogP contribution is -2.37. The zero-order valence-electron chi connectivity index (χ0n) is 62.6. The molecule has 18 nitrogen and oxygen atoms in total. The van der Waals surface area contributed by atoms with Gasteiger partial charge in [-0.2, -0.15) is 0 Å². The molecule has 563 valence electrons. The van der Waals surface area contributed by atoms with Crippen molar-refractivity contribution in [2.75, 3.05) is 92.8 Å². The van der Waals surface area contributed by atoms with Crippen LogP contribution in [0.15, 0.2) is 134 Å². The Morgan fingerprint density at radius 3 is 1.63 bits per heavy atom. The summed E-state index contributed by atoms with van der Waals surface area (Å²) < 4.78 is 39.9. The Balaban J connectivity index is -0.000000421. The highest BCUT2D eigenvalue weighted by Gasteiger charge is 2.26. The standard InChI is InChI=1S/C32H59NO5.C23H32O2.C16H23NO5.C8H16O4.CH4.B/c1-5-7-8-9-10-11-12-13-14-15-16-17-18-19-20-22-30(34)33(25-27-37-31(35)21-6-2)26-28-38-32(36)24-23-29(3)4;1-7-22(24)25-17-15-19(3)11-8-10-18(2)13-14-21-20(4)12-9-16-23(21,5)6;1-4-7-8-9-14(18)17(10-12-21-15(19)5-2)11-13-22-16(20)6-3;1-3-8(9)12-7-6-11-5-4-10-2;;/h13-14,29H,5-12,15-28H2,1-4H3;7-8,10-11,13-15H,1,9,12,16-17H2,2-6H3;5-8H,2-4,9-13H2,1H3;3,8-9H,1,4-7H2,2H3;1H4;/b14-13-;11-8+,14-13+,18-10+,19-15-;8-7-;;;. The van der Waals surface area contributed by atoms with Crippen LogP contribution < -0.4 is 0 Å². The van der Waals surface area contributed by atoms with E-state index in [0.717, 1.165) is 62.7 Å². The number of amides is 2. The van der Waals surface area contributed by atoms with Crippen molar-refractivity contribution in [2.24, 2.45) is 11.3 Å². The summed E-state index contributed by atoms with van der Waals surface area (Å²) in [5.41, 5.74) is 5.54. The van der Waals surface area contributed by atoms with Crippen LogP contribution in [-0.2, 0) is 71.5 Å². The third kappa shape index (κ3) is 65.7. The Morgan fingerprint density at radius 1 is 0.596 bits per heavy atom. The quantitative estimate of drug-likeness (QED) is 0.00874. The van der Waals surface area contributed by atoms with Crippen molar-refractivity contribution in [3.05, 3.63) is 134 Å². The molecule has 3 radical (unpaired) electrons. The monoisotopic (exact) mass is 1390 g/mol. The van der Waals surface area contributed by atoms with E-state index < -0.39 is 24.2 Å². The van der Waals surface area contributed by atoms with Crippen LogP contribution in [0.4, 0.5) is 0 Å². The minimum Gasteiger partial charge on any atom is -0.464 e. The summed E-state index contributed by atoms with van der Waals surface area (Å²) in [6.45, 7) is 38.4. The molecule has 0 aromatic rings. The highest BCUT2D eigenvalue weighted by Crippen LogP contribution is 2.40. The maximum Gasteiger partial charge on any atom is 0.330 e. The van der Waals surface area contributed by atoms with Crippen LogP contribution in [0.3, 0.4) is 0 Å². The molecule has 1 aliphatic carbocycles. The van der Waals surface area contributed by atoms with Crippen molar-refractivity contribution in [3.8, 4) is 0 Å². The van der Waals surface area contributed by atoms with Crippen molar-refractivity contribution in [3.63, 3.8) is 0 Å². The Kier molecular flexibility index (Phi) is 72.6. The second-order valence-electron chi connectivity index (χ2n) is 24.5. The number of carbonyl (C=O) groups excluding carboxylic acids is 7. The van der Waals surface area contributed by atoms with Crippen molar-refractivity contribution in [1.29, 1.82) is 0 Å². The van der Waals surface area contributed by atoms with Gasteiger partial charge in [0, 0.05) is 59.4 Å². The molecule has 1 aliphatic rings. The van der Waals surface area contributed by atoms with Gasteiger partial charge in [0.25, 0.3) is 0 Å². The van der Waals surface area contributed by atoms with E-state index in [0.29, 0.717) is 64.7 Å². The summed E-state index contributed by atoms with van der Waals surface area (Å²) in [6, 6.07) is 0. The summed E-state index contributed by atoms with van der Waals surface area (Å²) in [7, 11) is 1.61. The predicted molar refractivity (Wildman–Crippen MR) is 404 cm³/mol. The topological polar surface area (TPSA) is 220 Å². The van der Waals surface area contributed by atoms with Gasteiger partial charge in [0.15, 0.2) is 6.29 Å². The highest BCUT2D eigenvalue weighted by molar-refractivity contribution is 5.82. The highest BCUT2D eigenvalue weighted by atomic mass is 16.6. The smallest absolute Gasteiger partial charge is 0.330 e. The molecule has 1 unspecified atom stereocenters. The molecule has 0 aromatic heterocycles. The SMILES string of the molecule is C.C=CC(=O)OCCN(CCOC(=O)C=C)C(=O)C/C=C\CC.C=CC(=O)OC\C=C(C)/C=C/C=C(C)/C=C/C1=C(C)CCCC1(C)C.C=CC(O)OCCOCCOC.CCCCCCCC/C=C\CCCCCCCC(=O)N(CCOC(=O)CCC)CCOC(=O)CCC(C)C.[B]. The Labute approximate surface area is 602 Å². The third-order valence-corrected chi connectivity index (χ3v) is 14.9. The van der Waals surface area contributed by atoms with Gasteiger partial charge in [-0.1, -0.05) is 205 Å². The molecule has 1 rings (SSSR count). The molecule has 19 heteroatoms. The molecule has 0 saturated carbocycles. The molecule has 0 spiro atoms. The van der Waals surface area contributed by atoms with E-state index in [1.165, 1.54) is 111 Å². The fourth-order valence-electron chi connectivity index (χ4n) is 9.19. The first-order chi connectivity index (χ1) is 46.5. The number of aliphatic hydroxyl groups is 1. The van der Waals surface area contributed by atoms with Crippen LogP contribution in [0.5, 0.6) is 0 Å². The minimum atomic E-state index is -0.893. The molecule has 1 N–H and O–H groups in total. The number of hydrogen-bond donors (Lipinski definition) is 1. The van der Waals surface area contributed by atoms with Gasteiger partial charge in [0.05, 0.1) is 52.6 Å². The molecular formula is C80H134BN2O16. The zero-order valence-corrected chi connectivity index (χ0v) is 62.6. The van der Waals surface area contributed by atoms with Gasteiger partial charge in [0.2, 0.25) is 11.8 Å². The summed E-state index contributed by atoms with van der Waals surface area (Å²) in [4.78, 5) is 84.5. The Morgan fingerprint density at radius 2 is 1.11 bits per heavy atom. The van der Waals surface area contributed by atoms with Gasteiger partial charge < -0.3 is 52.8 Å². The number of aliphatic hydroxyl groups excluding tert-OH is 1. The van der Waals surface area contributed by atoms with E-state index in [2.05, 4.69) is 105 Å². The first kappa shape index (κ1) is 101. The van der Waals surface area contributed by atoms with Crippen LogP contribution in [0.1, 0.15) is 224 Å². The number of methoxy groups -OCH3 is 1. The fraction of sp³-hybridized carbons (Fsp3) is 0.637. The van der Waals surface area contributed by atoms with Gasteiger partial charge in [-0.15, -0.1) is 0 Å². The molecule has 0 saturated heterocycles. The molecular weight excluding hydrogens is 1260 g/mol. The summed E-state index contributed by atoms with van der Waals surface area (Å²) in [5.74, 6) is -1.60. The lowest BCUT2D eigenvalue weighted by Gasteiger charge is -2.32. The van der Waals surface area contributed by atoms with Gasteiger partial charge in [-0.3, -0.25) is 19.2 Å². The lowest BCUT2D eigenvalue weighted by molar-refractivity contribution is -0.148. The molecule has 1 atom stereocenters. The van der Waals surface area contributed by atoms with E-state index >= 15 is 0 Å². The Bertz CT molecular complexity index is 2380. The maximum absolute atomic E-state index is 12.8. The number of ether oxygens (including phenoxy) is 8. The van der Waals surface area contributed by atoms with Crippen molar-refractivity contribution in [1.82, 2.24) is 9.80 Å². The molecule has 0 heterocycles. The van der Waals surface area contributed by atoms with Crippen LogP contribution in [0.2, 0.25) is 0 Å². The maximum atomic E-state index is 12.8. The number of rotatable bonds is 52. The summed E-state index contributed by atoms with van der Waals surface area (Å²) in [6.07, 6.45) is 48.1. The molecule has 0 fully saturated rings. The summed E-state index contributed by atoms with van der Waals surface area (Å²) in [5, 5.41) is 8.84. The van der Waals surface area contributed by atoms with Crippen molar-refractivity contribution in [2.45, 2.75) is 231 Å². The van der Waals surface area contributed by atoms with E-state index in [9.17, 15) is 33.6 Å². The average Bonchev–Trinajstić information content (AvgIpc) is 0.864. The van der Waals surface area contributed by atoms with E-state index in [1.54, 1.807) is 18.1 Å². The number of unbranched alkanes of at least 4 members (excludes halogenated alkanes) is 11. The first-order valence-electron chi connectivity index (χ1n) is 35.5. The molecule has 0 aromatic carbocycles. The van der Waals surface area contributed by atoms with E-state index in [4.69, 9.17) is 43.0 Å². The van der Waals surface area contributed by atoms with E-state index in [-0.39, 0.29) is 97.6 Å². The van der Waals surface area contributed by atoms with Crippen LogP contribution >= 0.6 is 0 Å². The number of allylic oxidation sites excluding steroid dienone is 12. The van der Waals surface area contributed by atoms with Gasteiger partial charge in [0.1, 0.15) is 33.0 Å². The number of esters is 5. The lowest BCUT2D eigenvalue weighted by atomic mass is 9.72. The first-order valence-corrected chi connectivity index (χ1v) is 35.5. The zero-order chi connectivity index (χ0) is 73.2. The van der Waals surface area contributed by atoms with Gasteiger partial charge in [-0.25, -0.2) is 14.4 Å². The van der Waals surface area contributed by atoms with Crippen molar-refractivity contribution < 1.29 is 76.6 Å².